The van der Waals surface area contributed by atoms with Crippen LogP contribution in [-0.2, 0) is 10.2 Å². The first-order chi connectivity index (χ1) is 11.9. The number of furan rings is 1. The third-order valence-corrected chi connectivity index (χ3v) is 5.97. The summed E-state index contributed by atoms with van der Waals surface area (Å²) in [7, 11) is -0.470. The molecule has 2 heterocycles. The third-order valence-electron chi connectivity index (χ3n) is 4.48. The van der Waals surface area contributed by atoms with Crippen molar-refractivity contribution in [2.24, 2.45) is 5.92 Å². The van der Waals surface area contributed by atoms with Gasteiger partial charge in [0, 0.05) is 39.1 Å². The second kappa shape index (κ2) is 7.15. The van der Waals surface area contributed by atoms with Crippen LogP contribution in [0.15, 0.2) is 34.7 Å². The summed E-state index contributed by atoms with van der Waals surface area (Å²) in [5.41, 5.74) is 0.693. The van der Waals surface area contributed by atoms with Crippen LogP contribution in [0.4, 0.5) is 0 Å². The summed E-state index contributed by atoms with van der Waals surface area (Å²) in [6.07, 6.45) is 1.74. The molecule has 0 spiro atoms. The molecule has 1 aliphatic rings. The fraction of sp³-hybridized carbons (Fsp3) is 0.471. The minimum atomic E-state index is -3.44. The van der Waals surface area contributed by atoms with E-state index in [1.54, 1.807) is 11.0 Å². The van der Waals surface area contributed by atoms with Crippen molar-refractivity contribution in [1.29, 1.82) is 0 Å². The van der Waals surface area contributed by atoms with Crippen LogP contribution in [0.25, 0.3) is 11.0 Å². The Morgan fingerprint density at radius 1 is 1.36 bits per heavy atom. The van der Waals surface area contributed by atoms with E-state index in [9.17, 15) is 13.2 Å². The second-order valence-electron chi connectivity index (χ2n) is 6.54. The van der Waals surface area contributed by atoms with E-state index in [0.29, 0.717) is 31.0 Å². The van der Waals surface area contributed by atoms with Gasteiger partial charge in [-0.2, -0.15) is 12.7 Å². The van der Waals surface area contributed by atoms with Crippen molar-refractivity contribution >= 4 is 27.1 Å². The maximum absolute atomic E-state index is 12.7. The van der Waals surface area contributed by atoms with Crippen molar-refractivity contribution in [3.8, 4) is 0 Å². The Kier molecular flexibility index (Phi) is 5.12. The number of hydrogen-bond acceptors (Lipinski definition) is 4. The van der Waals surface area contributed by atoms with Crippen LogP contribution in [-0.4, -0.2) is 57.3 Å². The van der Waals surface area contributed by atoms with E-state index in [2.05, 4.69) is 4.72 Å². The molecular formula is C17H23N3O4S. The summed E-state index contributed by atoms with van der Waals surface area (Å²) >= 11 is 0. The molecule has 0 bridgehead atoms. The minimum Gasteiger partial charge on any atom is -0.451 e. The smallest absolute Gasteiger partial charge is 0.289 e. The Morgan fingerprint density at radius 2 is 2.12 bits per heavy atom. The molecule has 1 atom stereocenters. The van der Waals surface area contributed by atoms with Gasteiger partial charge < -0.3 is 9.32 Å². The van der Waals surface area contributed by atoms with Gasteiger partial charge in [-0.3, -0.25) is 4.79 Å². The molecule has 1 aliphatic heterocycles. The lowest BCUT2D eigenvalue weighted by Gasteiger charge is -2.32. The highest BCUT2D eigenvalue weighted by Gasteiger charge is 2.27. The van der Waals surface area contributed by atoms with E-state index >= 15 is 0 Å². The molecule has 1 amide bonds. The van der Waals surface area contributed by atoms with Gasteiger partial charge in [0.25, 0.3) is 16.1 Å². The SMILES string of the molecule is CN(C)S(=O)(=O)NC[C@H]1CCCN(C(=O)c2cc3ccccc3o2)C1. The van der Waals surface area contributed by atoms with Gasteiger partial charge >= 0.3 is 0 Å². The van der Waals surface area contributed by atoms with Crippen molar-refractivity contribution < 1.29 is 17.6 Å². The van der Waals surface area contributed by atoms with Gasteiger partial charge in [-0.05, 0) is 30.9 Å². The predicted molar refractivity (Wildman–Crippen MR) is 95.5 cm³/mol. The molecule has 8 heteroatoms. The van der Waals surface area contributed by atoms with E-state index in [4.69, 9.17) is 4.42 Å². The van der Waals surface area contributed by atoms with Crippen molar-refractivity contribution in [3.05, 3.63) is 36.1 Å². The number of nitrogens with one attached hydrogen (secondary N) is 1. The average molecular weight is 365 g/mol. The van der Waals surface area contributed by atoms with Gasteiger partial charge in [0.15, 0.2) is 5.76 Å². The van der Waals surface area contributed by atoms with Crippen LogP contribution in [0.3, 0.4) is 0 Å². The number of fused-ring (bicyclic) bond motifs is 1. The second-order valence-corrected chi connectivity index (χ2v) is 8.51. The minimum absolute atomic E-state index is 0.0943. The Balaban J connectivity index is 1.65. The summed E-state index contributed by atoms with van der Waals surface area (Å²) in [5.74, 6) is 0.281. The van der Waals surface area contributed by atoms with Crippen LogP contribution >= 0.6 is 0 Å². The maximum atomic E-state index is 12.7. The summed E-state index contributed by atoms with van der Waals surface area (Å²) in [6, 6.07) is 9.27. The van der Waals surface area contributed by atoms with Gasteiger partial charge in [-0.1, -0.05) is 18.2 Å². The van der Waals surface area contributed by atoms with Crippen LogP contribution in [0.5, 0.6) is 0 Å². The monoisotopic (exact) mass is 365 g/mol. The van der Waals surface area contributed by atoms with Crippen LogP contribution in [0.1, 0.15) is 23.4 Å². The predicted octanol–water partition coefficient (Wildman–Crippen LogP) is 1.68. The number of piperidine rings is 1. The number of hydrogen-bond donors (Lipinski definition) is 1. The Hall–Kier alpha value is -1.90. The number of carbonyl (C=O) groups is 1. The van der Waals surface area contributed by atoms with Crippen molar-refractivity contribution in [2.75, 3.05) is 33.7 Å². The summed E-state index contributed by atoms with van der Waals surface area (Å²) < 4.78 is 33.0. The van der Waals surface area contributed by atoms with Crippen molar-refractivity contribution in [2.45, 2.75) is 12.8 Å². The zero-order chi connectivity index (χ0) is 18.0. The van der Waals surface area contributed by atoms with Crippen LogP contribution < -0.4 is 4.72 Å². The van der Waals surface area contributed by atoms with Crippen molar-refractivity contribution in [1.82, 2.24) is 13.9 Å². The lowest BCUT2D eigenvalue weighted by atomic mass is 9.98. The molecule has 1 aromatic carbocycles. The van der Waals surface area contributed by atoms with E-state index in [-0.39, 0.29) is 11.8 Å². The molecule has 0 unspecified atom stereocenters. The molecule has 3 rings (SSSR count). The first kappa shape index (κ1) is 17.9. The Labute approximate surface area is 147 Å². The zero-order valence-corrected chi connectivity index (χ0v) is 15.3. The van der Waals surface area contributed by atoms with Gasteiger partial charge in [0.1, 0.15) is 5.58 Å². The van der Waals surface area contributed by atoms with Crippen molar-refractivity contribution in [3.63, 3.8) is 0 Å². The first-order valence-electron chi connectivity index (χ1n) is 8.32. The van der Waals surface area contributed by atoms with Gasteiger partial charge in [0.05, 0.1) is 0 Å². The number of para-hydroxylation sites is 1. The van der Waals surface area contributed by atoms with E-state index < -0.39 is 10.2 Å². The molecule has 1 N–H and O–H groups in total. The number of benzene rings is 1. The molecule has 1 fully saturated rings. The number of likely N-dealkylation sites (tertiary alicyclic amines) is 1. The highest BCUT2D eigenvalue weighted by Crippen LogP contribution is 2.23. The molecule has 1 saturated heterocycles. The molecule has 25 heavy (non-hydrogen) atoms. The van der Waals surface area contributed by atoms with E-state index in [0.717, 1.165) is 22.5 Å². The van der Waals surface area contributed by atoms with Gasteiger partial charge in [-0.25, -0.2) is 4.72 Å². The summed E-state index contributed by atoms with van der Waals surface area (Å²) in [5, 5.41) is 0.901. The van der Waals surface area contributed by atoms with Crippen LogP contribution in [0.2, 0.25) is 0 Å². The number of carbonyl (C=O) groups excluding carboxylic acids is 1. The quantitative estimate of drug-likeness (QED) is 0.874. The number of nitrogens with zero attached hydrogens (tertiary/aromatic N) is 2. The molecule has 2 aromatic rings. The highest BCUT2D eigenvalue weighted by atomic mass is 32.2. The fourth-order valence-corrected chi connectivity index (χ4v) is 3.72. The first-order valence-corrected chi connectivity index (χ1v) is 9.76. The summed E-state index contributed by atoms with van der Waals surface area (Å²) in [6.45, 7) is 1.50. The van der Waals surface area contributed by atoms with Crippen LogP contribution in [0, 0.1) is 5.92 Å². The fourth-order valence-electron chi connectivity index (χ4n) is 3.01. The molecule has 0 radical (unpaired) electrons. The zero-order valence-electron chi connectivity index (χ0n) is 14.4. The molecule has 1 aromatic heterocycles. The number of rotatable bonds is 5. The van der Waals surface area contributed by atoms with Gasteiger partial charge in [0.2, 0.25) is 0 Å². The highest BCUT2D eigenvalue weighted by molar-refractivity contribution is 7.87. The lowest BCUT2D eigenvalue weighted by molar-refractivity contribution is 0.0646. The topological polar surface area (TPSA) is 82.9 Å². The average Bonchev–Trinajstić information content (AvgIpc) is 3.03. The number of amides is 1. The maximum Gasteiger partial charge on any atom is 0.289 e. The molecule has 136 valence electrons. The standard InChI is InChI=1S/C17H23N3O4S/c1-19(2)25(22,23)18-11-13-6-5-9-20(12-13)17(21)16-10-14-7-3-4-8-15(14)24-16/h3-4,7-8,10,13,18H,5-6,9,11-12H2,1-2H3/t13-/m1/s1. The largest absolute Gasteiger partial charge is 0.451 e. The Morgan fingerprint density at radius 3 is 2.84 bits per heavy atom. The summed E-state index contributed by atoms with van der Waals surface area (Å²) in [4.78, 5) is 14.5. The Bertz CT molecular complexity index is 827. The van der Waals surface area contributed by atoms with E-state index in [1.165, 1.54) is 14.1 Å². The third kappa shape index (κ3) is 4.02. The molecular weight excluding hydrogens is 342 g/mol. The van der Waals surface area contributed by atoms with E-state index in [1.807, 2.05) is 24.3 Å². The molecule has 7 nitrogen and oxygen atoms in total. The van der Waals surface area contributed by atoms with Gasteiger partial charge in [-0.15, -0.1) is 0 Å². The normalized spacial score (nSPS) is 18.8. The molecule has 0 aliphatic carbocycles. The lowest BCUT2D eigenvalue weighted by Crippen LogP contribution is -2.45. The molecule has 0 saturated carbocycles.